The average Bonchev–Trinajstić information content (AvgIpc) is 2.54. The Morgan fingerprint density at radius 1 is 1.30 bits per heavy atom. The predicted molar refractivity (Wildman–Crippen MR) is 93.1 cm³/mol. The Bertz CT molecular complexity index is 647. The van der Waals surface area contributed by atoms with Crippen molar-refractivity contribution in [3.63, 3.8) is 0 Å². The summed E-state index contributed by atoms with van der Waals surface area (Å²) in [5, 5.41) is 0. The molecule has 1 saturated heterocycles. The Hall–Kier alpha value is -1.39. The molecule has 126 valence electrons. The fourth-order valence-electron chi connectivity index (χ4n) is 2.59. The first-order valence-electron chi connectivity index (χ1n) is 7.91. The van der Waals surface area contributed by atoms with Crippen LogP contribution in [0.2, 0.25) is 0 Å². The molecule has 1 aromatic rings. The lowest BCUT2D eigenvalue weighted by Crippen LogP contribution is -2.43. The van der Waals surface area contributed by atoms with E-state index in [0.29, 0.717) is 12.5 Å². The number of hydrogen-bond acceptors (Lipinski definition) is 3. The number of nitrogens with one attached hydrogen (secondary N) is 1. The highest BCUT2D eigenvalue weighted by molar-refractivity contribution is 7.87. The van der Waals surface area contributed by atoms with Crippen LogP contribution in [0.25, 0.3) is 0 Å². The third-order valence-corrected chi connectivity index (χ3v) is 5.44. The maximum Gasteiger partial charge on any atom is 0.278 e. The molecule has 0 bridgehead atoms. The Morgan fingerprint density at radius 2 is 2.04 bits per heavy atom. The Kier molecular flexibility index (Phi) is 6.60. The summed E-state index contributed by atoms with van der Waals surface area (Å²) >= 11 is 0. The van der Waals surface area contributed by atoms with Gasteiger partial charge in [-0.1, -0.05) is 30.0 Å². The van der Waals surface area contributed by atoms with Crippen molar-refractivity contribution in [1.29, 1.82) is 0 Å². The van der Waals surface area contributed by atoms with Gasteiger partial charge in [0.25, 0.3) is 10.2 Å². The molecule has 1 aliphatic rings. The molecule has 1 aliphatic heterocycles. The summed E-state index contributed by atoms with van der Waals surface area (Å²) in [7, 11) is -0.258. The maximum absolute atomic E-state index is 11.8. The van der Waals surface area contributed by atoms with Crippen LogP contribution in [0.15, 0.2) is 30.3 Å². The molecule has 0 saturated carbocycles. The van der Waals surface area contributed by atoms with E-state index in [2.05, 4.69) is 21.5 Å². The minimum absolute atomic E-state index is 0.344. The van der Waals surface area contributed by atoms with Crippen LogP contribution in [0.1, 0.15) is 18.4 Å². The lowest BCUT2D eigenvalue weighted by atomic mass is 9.98. The number of benzene rings is 1. The smallest absolute Gasteiger partial charge is 0.278 e. The molecule has 0 aromatic heterocycles. The van der Waals surface area contributed by atoms with Crippen LogP contribution >= 0.6 is 0 Å². The van der Waals surface area contributed by atoms with E-state index < -0.39 is 10.2 Å². The number of hydrogen-bond donors (Lipinski definition) is 1. The number of rotatable bonds is 5. The molecule has 0 aliphatic carbocycles. The third kappa shape index (κ3) is 5.96. The third-order valence-electron chi connectivity index (χ3n) is 3.95. The fraction of sp³-hybridized carbons (Fsp3) is 0.529. The summed E-state index contributed by atoms with van der Waals surface area (Å²) in [4.78, 5) is 2.30. The molecule has 2 rings (SSSR count). The van der Waals surface area contributed by atoms with E-state index in [-0.39, 0.29) is 0 Å². The van der Waals surface area contributed by atoms with E-state index in [1.807, 2.05) is 30.3 Å². The highest BCUT2D eigenvalue weighted by Crippen LogP contribution is 2.15. The summed E-state index contributed by atoms with van der Waals surface area (Å²) < 4.78 is 27.4. The van der Waals surface area contributed by atoms with Crippen molar-refractivity contribution in [3.05, 3.63) is 35.9 Å². The zero-order chi connectivity index (χ0) is 16.7. The monoisotopic (exact) mass is 335 g/mol. The second-order valence-corrected chi connectivity index (χ2v) is 8.02. The van der Waals surface area contributed by atoms with Crippen molar-refractivity contribution in [2.75, 3.05) is 40.3 Å². The van der Waals surface area contributed by atoms with E-state index in [9.17, 15) is 8.42 Å². The minimum Gasteiger partial charge on any atom is -0.292 e. The van der Waals surface area contributed by atoms with Gasteiger partial charge in [0.1, 0.15) is 0 Å². The van der Waals surface area contributed by atoms with Crippen LogP contribution in [-0.2, 0) is 10.2 Å². The van der Waals surface area contributed by atoms with Crippen molar-refractivity contribution in [3.8, 4) is 11.8 Å². The van der Waals surface area contributed by atoms with Gasteiger partial charge in [-0.05, 0) is 37.4 Å². The Morgan fingerprint density at radius 3 is 2.74 bits per heavy atom. The highest BCUT2D eigenvalue weighted by atomic mass is 32.2. The topological polar surface area (TPSA) is 52.7 Å². The molecule has 5 nitrogen and oxygen atoms in total. The molecule has 1 N–H and O–H groups in total. The number of piperidine rings is 1. The first-order chi connectivity index (χ1) is 11.0. The van der Waals surface area contributed by atoms with Crippen LogP contribution in [0, 0.1) is 17.8 Å². The van der Waals surface area contributed by atoms with Gasteiger partial charge < -0.3 is 0 Å². The molecule has 0 radical (unpaired) electrons. The summed E-state index contributed by atoms with van der Waals surface area (Å²) in [6.07, 6.45) is 2.14. The van der Waals surface area contributed by atoms with Crippen molar-refractivity contribution in [2.24, 2.45) is 5.92 Å². The molecule has 1 aromatic carbocycles. The summed E-state index contributed by atoms with van der Waals surface area (Å²) in [6.45, 7) is 3.13. The van der Waals surface area contributed by atoms with Crippen LogP contribution in [-0.4, -0.2) is 57.9 Å². The molecular formula is C17H25N3O2S. The highest BCUT2D eigenvalue weighted by Gasteiger charge is 2.21. The van der Waals surface area contributed by atoms with Gasteiger partial charge in [-0.2, -0.15) is 12.7 Å². The van der Waals surface area contributed by atoms with Crippen LogP contribution in [0.5, 0.6) is 0 Å². The Balaban J connectivity index is 1.81. The lowest BCUT2D eigenvalue weighted by Gasteiger charge is -2.31. The van der Waals surface area contributed by atoms with Crippen molar-refractivity contribution < 1.29 is 8.42 Å². The molecule has 1 heterocycles. The molecular weight excluding hydrogens is 310 g/mol. The second-order valence-electron chi connectivity index (χ2n) is 6.05. The van der Waals surface area contributed by atoms with Gasteiger partial charge in [-0.3, -0.25) is 4.90 Å². The fourth-order valence-corrected chi connectivity index (χ4v) is 3.29. The lowest BCUT2D eigenvalue weighted by molar-refractivity contribution is 0.194. The van der Waals surface area contributed by atoms with Gasteiger partial charge in [0.15, 0.2) is 0 Å². The standard InChI is InChI=1S/C17H25N3O2S/c1-19(2)23(21,22)18-14-17-11-7-13-20(15-17)12-6-10-16-8-4-3-5-9-16/h3-5,8-9,17-18H,7,11-15H2,1-2H3/t17-/m1/s1. The number of nitrogens with zero attached hydrogens (tertiary/aromatic N) is 2. The SMILES string of the molecule is CN(C)S(=O)(=O)NC[C@H]1CCCN(CC#Cc2ccccc2)C1. The normalized spacial score (nSPS) is 19.3. The molecule has 0 spiro atoms. The van der Waals surface area contributed by atoms with Crippen LogP contribution in [0.4, 0.5) is 0 Å². The van der Waals surface area contributed by atoms with Gasteiger partial charge >= 0.3 is 0 Å². The molecule has 0 unspecified atom stereocenters. The second kappa shape index (κ2) is 8.46. The molecule has 6 heteroatoms. The van der Waals surface area contributed by atoms with E-state index in [4.69, 9.17) is 0 Å². The zero-order valence-electron chi connectivity index (χ0n) is 13.8. The summed E-state index contributed by atoms with van der Waals surface area (Å²) in [6, 6.07) is 9.95. The van der Waals surface area contributed by atoms with Crippen LogP contribution < -0.4 is 4.72 Å². The minimum atomic E-state index is -3.33. The first-order valence-corrected chi connectivity index (χ1v) is 9.35. The van der Waals surface area contributed by atoms with Gasteiger partial charge in [-0.25, -0.2) is 4.72 Å². The maximum atomic E-state index is 11.8. The predicted octanol–water partition coefficient (Wildman–Crippen LogP) is 1.15. The van der Waals surface area contributed by atoms with Crippen molar-refractivity contribution in [2.45, 2.75) is 12.8 Å². The zero-order valence-corrected chi connectivity index (χ0v) is 14.6. The van der Waals surface area contributed by atoms with Gasteiger partial charge in [0.05, 0.1) is 6.54 Å². The van der Waals surface area contributed by atoms with E-state index >= 15 is 0 Å². The molecule has 1 fully saturated rings. The van der Waals surface area contributed by atoms with Crippen LogP contribution in [0.3, 0.4) is 0 Å². The van der Waals surface area contributed by atoms with Crippen molar-refractivity contribution >= 4 is 10.2 Å². The van der Waals surface area contributed by atoms with E-state index in [0.717, 1.165) is 38.0 Å². The molecule has 1 atom stereocenters. The van der Waals surface area contributed by atoms with Crippen molar-refractivity contribution in [1.82, 2.24) is 13.9 Å². The van der Waals surface area contributed by atoms with Gasteiger partial charge in [0, 0.05) is 32.7 Å². The molecule has 23 heavy (non-hydrogen) atoms. The first kappa shape index (κ1) is 18.0. The van der Waals surface area contributed by atoms with Gasteiger partial charge in [0.2, 0.25) is 0 Å². The summed E-state index contributed by atoms with van der Waals surface area (Å²) in [5.74, 6) is 6.72. The van der Waals surface area contributed by atoms with E-state index in [1.165, 1.54) is 18.4 Å². The average molecular weight is 335 g/mol. The van der Waals surface area contributed by atoms with E-state index in [1.54, 1.807) is 0 Å². The molecule has 0 amide bonds. The Labute approximate surface area is 139 Å². The van der Waals surface area contributed by atoms with Gasteiger partial charge in [-0.15, -0.1) is 0 Å². The quantitative estimate of drug-likeness (QED) is 0.821. The largest absolute Gasteiger partial charge is 0.292 e. The summed E-state index contributed by atoms with van der Waals surface area (Å²) in [5.41, 5.74) is 1.03. The number of likely N-dealkylation sites (tertiary alicyclic amines) is 1.